The first-order chi connectivity index (χ1) is 10.6. The standard InChI is InChI=1S/C16H18FN3OS/c1-11-18-19-16(22-11)13-3-2-8-20(10-13)15(21)9-12-4-6-14(17)7-5-12/h4-7,13H,2-3,8-10H2,1H3. The first kappa shape index (κ1) is 15.1. The van der Waals surface area contributed by atoms with E-state index in [-0.39, 0.29) is 17.6 Å². The van der Waals surface area contributed by atoms with Crippen LogP contribution in [0.1, 0.15) is 34.3 Å². The van der Waals surface area contributed by atoms with Gasteiger partial charge >= 0.3 is 0 Å². The Balaban J connectivity index is 1.63. The minimum absolute atomic E-state index is 0.0949. The van der Waals surface area contributed by atoms with Crippen molar-refractivity contribution in [2.24, 2.45) is 0 Å². The third kappa shape index (κ3) is 3.50. The maximum Gasteiger partial charge on any atom is 0.227 e. The maximum absolute atomic E-state index is 12.9. The van der Waals surface area contributed by atoms with Crippen LogP contribution in [0, 0.1) is 12.7 Å². The number of hydrogen-bond acceptors (Lipinski definition) is 4. The van der Waals surface area contributed by atoms with Crippen molar-refractivity contribution in [2.45, 2.75) is 32.1 Å². The smallest absolute Gasteiger partial charge is 0.227 e. The molecule has 4 nitrogen and oxygen atoms in total. The zero-order valence-electron chi connectivity index (χ0n) is 12.5. The van der Waals surface area contributed by atoms with Gasteiger partial charge in [0.2, 0.25) is 5.91 Å². The molecular weight excluding hydrogens is 301 g/mol. The van der Waals surface area contributed by atoms with Gasteiger partial charge in [-0.2, -0.15) is 0 Å². The molecule has 1 fully saturated rings. The quantitative estimate of drug-likeness (QED) is 0.874. The molecule has 0 N–H and O–H groups in total. The van der Waals surface area contributed by atoms with Crippen molar-refractivity contribution in [3.8, 4) is 0 Å². The third-order valence-corrected chi connectivity index (χ3v) is 4.93. The SMILES string of the molecule is Cc1nnc(C2CCCN(C(=O)Cc3ccc(F)cc3)C2)s1. The highest BCUT2D eigenvalue weighted by atomic mass is 32.1. The number of nitrogens with zero attached hydrogens (tertiary/aromatic N) is 3. The number of rotatable bonds is 3. The summed E-state index contributed by atoms with van der Waals surface area (Å²) < 4.78 is 12.9. The van der Waals surface area contributed by atoms with Crippen LogP contribution < -0.4 is 0 Å². The molecule has 6 heteroatoms. The highest BCUT2D eigenvalue weighted by molar-refractivity contribution is 7.11. The molecule has 1 amide bonds. The van der Waals surface area contributed by atoms with Crippen molar-refractivity contribution in [2.75, 3.05) is 13.1 Å². The first-order valence-corrected chi connectivity index (χ1v) is 8.25. The topological polar surface area (TPSA) is 46.1 Å². The molecule has 0 radical (unpaired) electrons. The number of benzene rings is 1. The minimum atomic E-state index is -0.277. The summed E-state index contributed by atoms with van der Waals surface area (Å²) in [5, 5.41) is 10.3. The van der Waals surface area contributed by atoms with Gasteiger partial charge in [-0.1, -0.05) is 12.1 Å². The molecular formula is C16H18FN3OS. The molecule has 1 atom stereocenters. The van der Waals surface area contributed by atoms with Crippen molar-refractivity contribution in [1.82, 2.24) is 15.1 Å². The summed E-state index contributed by atoms with van der Waals surface area (Å²) in [4.78, 5) is 14.3. The number of aromatic nitrogens is 2. The van der Waals surface area contributed by atoms with Crippen LogP contribution in [0.15, 0.2) is 24.3 Å². The van der Waals surface area contributed by atoms with Crippen molar-refractivity contribution < 1.29 is 9.18 Å². The Morgan fingerprint density at radius 3 is 2.82 bits per heavy atom. The van der Waals surface area contributed by atoms with Gasteiger partial charge in [-0.25, -0.2) is 4.39 Å². The Labute approximate surface area is 133 Å². The third-order valence-electron chi connectivity index (χ3n) is 3.93. The van der Waals surface area contributed by atoms with Crippen LogP contribution in [0.5, 0.6) is 0 Å². The Kier molecular flexibility index (Phi) is 4.47. The summed E-state index contributed by atoms with van der Waals surface area (Å²) in [6, 6.07) is 6.13. The van der Waals surface area contributed by atoms with E-state index in [9.17, 15) is 9.18 Å². The van der Waals surface area contributed by atoms with E-state index >= 15 is 0 Å². The molecule has 3 rings (SSSR count). The lowest BCUT2D eigenvalue weighted by Gasteiger charge is -2.31. The van der Waals surface area contributed by atoms with Crippen molar-refractivity contribution in [3.63, 3.8) is 0 Å². The van der Waals surface area contributed by atoms with Gasteiger partial charge < -0.3 is 4.90 Å². The molecule has 1 aliphatic rings. The number of halogens is 1. The molecule has 22 heavy (non-hydrogen) atoms. The predicted molar refractivity (Wildman–Crippen MR) is 83.3 cm³/mol. The van der Waals surface area contributed by atoms with E-state index in [2.05, 4.69) is 10.2 Å². The van der Waals surface area contributed by atoms with Crippen LogP contribution in [-0.2, 0) is 11.2 Å². The van der Waals surface area contributed by atoms with Gasteiger partial charge in [0.15, 0.2) is 0 Å². The summed E-state index contributed by atoms with van der Waals surface area (Å²) in [7, 11) is 0. The van der Waals surface area contributed by atoms with E-state index in [1.165, 1.54) is 12.1 Å². The summed E-state index contributed by atoms with van der Waals surface area (Å²) in [6.45, 7) is 3.43. The molecule has 1 aromatic carbocycles. The Morgan fingerprint density at radius 2 is 2.14 bits per heavy atom. The van der Waals surface area contributed by atoms with Crippen LogP contribution >= 0.6 is 11.3 Å². The Hall–Kier alpha value is -1.82. The summed E-state index contributed by atoms with van der Waals surface area (Å²) >= 11 is 1.61. The normalized spacial score (nSPS) is 18.5. The summed E-state index contributed by atoms with van der Waals surface area (Å²) in [5.41, 5.74) is 0.847. The molecule has 1 aliphatic heterocycles. The molecule has 0 aliphatic carbocycles. The summed E-state index contributed by atoms with van der Waals surface area (Å²) in [5.74, 6) is 0.107. The predicted octanol–water partition coefficient (Wildman–Crippen LogP) is 2.93. The second-order valence-corrected chi connectivity index (χ2v) is 6.85. The highest BCUT2D eigenvalue weighted by Crippen LogP contribution is 2.29. The van der Waals surface area contributed by atoms with Crippen molar-refractivity contribution in [3.05, 3.63) is 45.7 Å². The van der Waals surface area contributed by atoms with Gasteiger partial charge in [0, 0.05) is 19.0 Å². The van der Waals surface area contributed by atoms with Gasteiger partial charge in [0.1, 0.15) is 15.8 Å². The van der Waals surface area contributed by atoms with E-state index in [1.54, 1.807) is 23.5 Å². The number of aryl methyl sites for hydroxylation is 1. The van der Waals surface area contributed by atoms with Crippen LogP contribution in [0.2, 0.25) is 0 Å². The summed E-state index contributed by atoms with van der Waals surface area (Å²) in [6.07, 6.45) is 2.36. The van der Waals surface area contributed by atoms with Gasteiger partial charge in [0.25, 0.3) is 0 Å². The molecule has 0 spiro atoms. The Bertz CT molecular complexity index is 656. The monoisotopic (exact) mass is 319 g/mol. The van der Waals surface area contributed by atoms with E-state index in [0.29, 0.717) is 13.0 Å². The fraction of sp³-hybridized carbons (Fsp3) is 0.438. The van der Waals surface area contributed by atoms with E-state index in [4.69, 9.17) is 0 Å². The lowest BCUT2D eigenvalue weighted by Crippen LogP contribution is -2.39. The van der Waals surface area contributed by atoms with Crippen LogP contribution in [0.25, 0.3) is 0 Å². The number of likely N-dealkylation sites (tertiary alicyclic amines) is 1. The average Bonchev–Trinajstić information content (AvgIpc) is 2.96. The number of amides is 1. The molecule has 1 saturated heterocycles. The van der Waals surface area contributed by atoms with Crippen LogP contribution in [0.4, 0.5) is 4.39 Å². The molecule has 1 unspecified atom stereocenters. The Morgan fingerprint density at radius 1 is 1.36 bits per heavy atom. The largest absolute Gasteiger partial charge is 0.342 e. The fourth-order valence-electron chi connectivity index (χ4n) is 2.77. The van der Waals surface area contributed by atoms with E-state index < -0.39 is 0 Å². The van der Waals surface area contributed by atoms with E-state index in [1.807, 2.05) is 11.8 Å². The highest BCUT2D eigenvalue weighted by Gasteiger charge is 2.26. The lowest BCUT2D eigenvalue weighted by molar-refractivity contribution is -0.131. The molecule has 0 saturated carbocycles. The van der Waals surface area contributed by atoms with Crippen molar-refractivity contribution in [1.29, 1.82) is 0 Å². The van der Waals surface area contributed by atoms with Crippen molar-refractivity contribution >= 4 is 17.2 Å². The van der Waals surface area contributed by atoms with Crippen LogP contribution in [-0.4, -0.2) is 34.1 Å². The number of piperidine rings is 1. The molecule has 1 aromatic heterocycles. The van der Waals surface area contributed by atoms with Gasteiger partial charge in [-0.3, -0.25) is 4.79 Å². The van der Waals surface area contributed by atoms with Gasteiger partial charge in [-0.05, 0) is 37.5 Å². The molecule has 2 aromatic rings. The number of carbonyl (C=O) groups excluding carboxylic acids is 1. The second kappa shape index (κ2) is 6.52. The molecule has 116 valence electrons. The number of hydrogen-bond donors (Lipinski definition) is 0. The second-order valence-electron chi connectivity index (χ2n) is 5.64. The lowest BCUT2D eigenvalue weighted by atomic mass is 9.98. The minimum Gasteiger partial charge on any atom is -0.342 e. The molecule has 2 heterocycles. The first-order valence-electron chi connectivity index (χ1n) is 7.44. The van der Waals surface area contributed by atoms with Gasteiger partial charge in [0.05, 0.1) is 6.42 Å². The zero-order valence-corrected chi connectivity index (χ0v) is 13.3. The fourth-order valence-corrected chi connectivity index (χ4v) is 3.60. The van der Waals surface area contributed by atoms with Gasteiger partial charge in [-0.15, -0.1) is 21.5 Å². The van der Waals surface area contributed by atoms with E-state index in [0.717, 1.165) is 35.0 Å². The van der Waals surface area contributed by atoms with Crippen LogP contribution in [0.3, 0.4) is 0 Å². The number of carbonyl (C=O) groups is 1. The molecule has 0 bridgehead atoms. The average molecular weight is 319 g/mol. The zero-order chi connectivity index (χ0) is 15.5. The maximum atomic E-state index is 12.9.